The Hall–Kier alpha value is -2.02. The van der Waals surface area contributed by atoms with Gasteiger partial charge in [-0.3, -0.25) is 0 Å². The van der Waals surface area contributed by atoms with Gasteiger partial charge >= 0.3 is 11.9 Å². The highest BCUT2D eigenvalue weighted by atomic mass is 35.5. The molecule has 1 atom stereocenters. The molecule has 0 saturated carbocycles. The average Bonchev–Trinajstić information content (AvgIpc) is 2.55. The zero-order valence-corrected chi connectivity index (χ0v) is 14.4. The van der Waals surface area contributed by atoms with Gasteiger partial charge in [0.2, 0.25) is 0 Å². The number of nitrogens with one attached hydrogen (secondary N) is 1. The lowest BCUT2D eigenvalue weighted by Gasteiger charge is -2.30. The van der Waals surface area contributed by atoms with Crippen molar-refractivity contribution < 1.29 is 24.5 Å². The van der Waals surface area contributed by atoms with Crippen molar-refractivity contribution >= 4 is 35.1 Å². The summed E-state index contributed by atoms with van der Waals surface area (Å²) in [6.45, 7) is 1.07. The van der Waals surface area contributed by atoms with Crippen LogP contribution in [0.2, 0.25) is 10.0 Å². The number of hydrogen-bond acceptors (Lipinski definition) is 5. The lowest BCUT2D eigenvalue weighted by Crippen LogP contribution is -2.33. The van der Waals surface area contributed by atoms with Crippen LogP contribution in [0.5, 0.6) is 0 Å². The van der Waals surface area contributed by atoms with Crippen LogP contribution in [0.25, 0.3) is 0 Å². The molecule has 0 fully saturated rings. The Morgan fingerprint density at radius 3 is 2.42 bits per heavy atom. The van der Waals surface area contributed by atoms with E-state index in [1.165, 1.54) is 19.2 Å². The number of carbonyl (C=O) groups is 2. The van der Waals surface area contributed by atoms with Gasteiger partial charge in [0.15, 0.2) is 0 Å². The fraction of sp³-hybridized carbons (Fsp3) is 0.250. The van der Waals surface area contributed by atoms with E-state index in [1.54, 1.807) is 13.0 Å². The average molecular weight is 372 g/mol. The summed E-state index contributed by atoms with van der Waals surface area (Å²) in [6.07, 6.45) is 0. The number of esters is 1. The normalized spacial score (nSPS) is 17.6. The first-order valence-corrected chi connectivity index (χ1v) is 7.65. The Morgan fingerprint density at radius 2 is 1.92 bits per heavy atom. The molecule has 0 amide bonds. The number of rotatable bonds is 4. The largest absolute Gasteiger partial charge is 0.478 e. The molecule has 0 radical (unpaired) electrons. The molecule has 1 aliphatic heterocycles. The maximum atomic E-state index is 12.2. The van der Waals surface area contributed by atoms with Crippen LogP contribution in [0.3, 0.4) is 0 Å². The van der Waals surface area contributed by atoms with E-state index in [2.05, 4.69) is 5.32 Å². The second-order valence-corrected chi connectivity index (χ2v) is 5.93. The van der Waals surface area contributed by atoms with Crippen molar-refractivity contribution in [1.82, 2.24) is 5.32 Å². The van der Waals surface area contributed by atoms with Gasteiger partial charge < -0.3 is 20.3 Å². The molecule has 8 heteroatoms. The molecule has 1 aromatic carbocycles. The second kappa shape index (κ2) is 7.25. The van der Waals surface area contributed by atoms with Gasteiger partial charge in [0.25, 0.3) is 0 Å². The van der Waals surface area contributed by atoms with Crippen molar-refractivity contribution in [3.8, 4) is 0 Å². The summed E-state index contributed by atoms with van der Waals surface area (Å²) in [5, 5.41) is 22.5. The smallest absolute Gasteiger partial charge is 0.336 e. The number of carboxylic acids is 1. The maximum absolute atomic E-state index is 12.2. The van der Waals surface area contributed by atoms with Gasteiger partial charge in [-0.15, -0.1) is 0 Å². The maximum Gasteiger partial charge on any atom is 0.336 e. The third-order valence-corrected chi connectivity index (χ3v) is 4.45. The number of halogens is 2. The highest BCUT2D eigenvalue weighted by Crippen LogP contribution is 2.40. The predicted molar refractivity (Wildman–Crippen MR) is 88.8 cm³/mol. The minimum atomic E-state index is -1.20. The Bertz CT molecular complexity index is 770. The Kier molecular flexibility index (Phi) is 5.54. The van der Waals surface area contributed by atoms with E-state index in [-0.39, 0.29) is 21.9 Å². The lowest BCUT2D eigenvalue weighted by atomic mass is 9.80. The fourth-order valence-electron chi connectivity index (χ4n) is 2.68. The van der Waals surface area contributed by atoms with Crippen molar-refractivity contribution in [3.05, 3.63) is 56.3 Å². The Balaban J connectivity index is 2.75. The van der Waals surface area contributed by atoms with Crippen LogP contribution < -0.4 is 5.32 Å². The Labute approximate surface area is 148 Å². The number of aliphatic hydroxyl groups is 1. The molecule has 24 heavy (non-hydrogen) atoms. The minimum Gasteiger partial charge on any atom is -0.478 e. The zero-order valence-electron chi connectivity index (χ0n) is 12.9. The number of benzene rings is 1. The SMILES string of the molecule is COC(=O)C1=C(CO)NC(C)=C(C(=O)O)C1c1ccc(Cl)c(Cl)c1. The molecule has 128 valence electrons. The van der Waals surface area contributed by atoms with Crippen LogP contribution in [-0.4, -0.2) is 35.9 Å². The van der Waals surface area contributed by atoms with Crippen LogP contribution >= 0.6 is 23.2 Å². The standard InChI is InChI=1S/C16H15Cl2NO5/c1-7-12(15(21)22)13(8-3-4-9(17)10(18)5-8)14(16(23)24-2)11(6-20)19-7/h3-5,13,19-20H,6H2,1-2H3,(H,21,22). The van der Waals surface area contributed by atoms with E-state index < -0.39 is 24.5 Å². The topological polar surface area (TPSA) is 95.9 Å². The van der Waals surface area contributed by atoms with Crippen molar-refractivity contribution in [2.24, 2.45) is 0 Å². The van der Waals surface area contributed by atoms with Crippen LogP contribution in [-0.2, 0) is 14.3 Å². The molecule has 0 saturated heterocycles. The van der Waals surface area contributed by atoms with Crippen molar-refractivity contribution in [1.29, 1.82) is 0 Å². The number of hydrogen-bond donors (Lipinski definition) is 3. The monoisotopic (exact) mass is 371 g/mol. The van der Waals surface area contributed by atoms with E-state index in [4.69, 9.17) is 27.9 Å². The van der Waals surface area contributed by atoms with Gasteiger partial charge in [0, 0.05) is 5.70 Å². The third-order valence-electron chi connectivity index (χ3n) is 3.72. The number of dihydropyridines is 1. The van der Waals surface area contributed by atoms with E-state index in [1.807, 2.05) is 0 Å². The van der Waals surface area contributed by atoms with Gasteiger partial charge in [-0.2, -0.15) is 0 Å². The quantitative estimate of drug-likeness (QED) is 0.703. The second-order valence-electron chi connectivity index (χ2n) is 5.12. The van der Waals surface area contributed by atoms with Gasteiger partial charge in [-0.05, 0) is 24.6 Å². The highest BCUT2D eigenvalue weighted by molar-refractivity contribution is 6.42. The van der Waals surface area contributed by atoms with E-state index >= 15 is 0 Å². The van der Waals surface area contributed by atoms with Crippen LogP contribution in [0.4, 0.5) is 0 Å². The minimum absolute atomic E-state index is 0.0152. The number of ether oxygens (including phenoxy) is 1. The fourth-order valence-corrected chi connectivity index (χ4v) is 2.99. The first kappa shape index (κ1) is 18.3. The molecule has 1 unspecified atom stereocenters. The molecule has 0 spiro atoms. The molecule has 0 aromatic heterocycles. The van der Waals surface area contributed by atoms with Gasteiger partial charge in [-0.1, -0.05) is 29.3 Å². The van der Waals surface area contributed by atoms with Crippen LogP contribution in [0.15, 0.2) is 40.7 Å². The first-order chi connectivity index (χ1) is 11.3. The van der Waals surface area contributed by atoms with Gasteiger partial charge in [-0.25, -0.2) is 9.59 Å². The van der Waals surface area contributed by atoms with Gasteiger partial charge in [0.1, 0.15) is 0 Å². The van der Waals surface area contributed by atoms with Crippen molar-refractivity contribution in [3.63, 3.8) is 0 Å². The first-order valence-electron chi connectivity index (χ1n) is 6.90. The molecule has 0 bridgehead atoms. The molecule has 2 rings (SSSR count). The summed E-state index contributed by atoms with van der Waals surface area (Å²) in [6, 6.07) is 4.59. The highest BCUT2D eigenvalue weighted by Gasteiger charge is 2.38. The molecule has 1 heterocycles. The molecule has 6 nitrogen and oxygen atoms in total. The summed E-state index contributed by atoms with van der Waals surface area (Å²) in [5.41, 5.74) is 0.928. The van der Waals surface area contributed by atoms with Crippen LogP contribution in [0.1, 0.15) is 18.4 Å². The molecular formula is C16H15Cl2NO5. The molecular weight excluding hydrogens is 357 g/mol. The number of aliphatic hydroxyl groups excluding tert-OH is 1. The lowest BCUT2D eigenvalue weighted by molar-refractivity contribution is -0.136. The number of allylic oxidation sites excluding steroid dienone is 1. The van der Waals surface area contributed by atoms with Crippen LogP contribution in [0, 0.1) is 0 Å². The summed E-state index contributed by atoms with van der Waals surface area (Å²) in [5.74, 6) is -2.89. The summed E-state index contributed by atoms with van der Waals surface area (Å²) < 4.78 is 4.77. The van der Waals surface area contributed by atoms with Crippen molar-refractivity contribution in [2.75, 3.05) is 13.7 Å². The summed E-state index contributed by atoms with van der Waals surface area (Å²) in [7, 11) is 1.18. The number of aliphatic carboxylic acids is 1. The van der Waals surface area contributed by atoms with E-state index in [0.717, 1.165) is 0 Å². The molecule has 1 aromatic rings. The van der Waals surface area contributed by atoms with Gasteiger partial charge in [0.05, 0.1) is 46.5 Å². The van der Waals surface area contributed by atoms with E-state index in [0.29, 0.717) is 16.3 Å². The number of carboxylic acid groups (broad SMARTS) is 1. The summed E-state index contributed by atoms with van der Waals surface area (Å²) in [4.78, 5) is 24.0. The van der Waals surface area contributed by atoms with E-state index in [9.17, 15) is 19.8 Å². The Morgan fingerprint density at radius 1 is 1.25 bits per heavy atom. The zero-order chi connectivity index (χ0) is 18.0. The van der Waals surface area contributed by atoms with Crippen molar-refractivity contribution in [2.45, 2.75) is 12.8 Å². The molecule has 1 aliphatic rings. The predicted octanol–water partition coefficient (Wildman–Crippen LogP) is 2.46. The third kappa shape index (κ3) is 3.26. The number of methoxy groups -OCH3 is 1. The molecule has 0 aliphatic carbocycles. The number of carbonyl (C=O) groups excluding carboxylic acids is 1. The summed E-state index contributed by atoms with van der Waals surface area (Å²) >= 11 is 11.9. The molecule has 3 N–H and O–H groups in total.